The highest BCUT2D eigenvalue weighted by atomic mass is 32.2. The van der Waals surface area contributed by atoms with Crippen LogP contribution in [-0.2, 0) is 11.3 Å². The highest BCUT2D eigenvalue weighted by Crippen LogP contribution is 2.49. The summed E-state index contributed by atoms with van der Waals surface area (Å²) in [6.45, 7) is 1.07. The van der Waals surface area contributed by atoms with Crippen molar-refractivity contribution >= 4 is 34.3 Å². The van der Waals surface area contributed by atoms with Crippen molar-refractivity contribution in [3.05, 3.63) is 30.5 Å². The minimum Gasteiger partial charge on any atom is -0.329 e. The maximum atomic E-state index is 11.7. The van der Waals surface area contributed by atoms with Gasteiger partial charge in [0.05, 0.1) is 24.3 Å². The van der Waals surface area contributed by atoms with Crippen molar-refractivity contribution in [1.82, 2.24) is 14.8 Å². The second-order valence-electron chi connectivity index (χ2n) is 5.41. The minimum absolute atomic E-state index is 0.0593. The van der Waals surface area contributed by atoms with E-state index in [2.05, 4.69) is 10.3 Å². The average Bonchev–Trinajstić information content (AvgIpc) is 2.97. The molecule has 0 radical (unpaired) electrons. The minimum atomic E-state index is -0.228. The second-order valence-corrected chi connectivity index (χ2v) is 6.41. The SMILES string of the molecule is NCCn1nc2c3c(c(NC(=O)CN)ccc31)Sc1ncccc1-2. The molecule has 0 fully saturated rings. The van der Waals surface area contributed by atoms with Gasteiger partial charge in [0, 0.05) is 28.6 Å². The number of pyridine rings is 1. The summed E-state index contributed by atoms with van der Waals surface area (Å²) in [6.07, 6.45) is 1.76. The molecule has 1 aliphatic heterocycles. The summed E-state index contributed by atoms with van der Waals surface area (Å²) in [5.74, 6) is -0.228. The smallest absolute Gasteiger partial charge is 0.238 e. The van der Waals surface area contributed by atoms with Crippen LogP contribution < -0.4 is 16.8 Å². The summed E-state index contributed by atoms with van der Waals surface area (Å²) in [6, 6.07) is 7.75. The average molecular weight is 340 g/mol. The highest BCUT2D eigenvalue weighted by molar-refractivity contribution is 7.99. The first-order valence-electron chi connectivity index (χ1n) is 7.59. The number of nitrogens with one attached hydrogen (secondary N) is 1. The van der Waals surface area contributed by atoms with Gasteiger partial charge in [-0.2, -0.15) is 5.10 Å². The van der Waals surface area contributed by atoms with Crippen molar-refractivity contribution < 1.29 is 4.79 Å². The number of nitrogens with two attached hydrogens (primary N) is 2. The number of amides is 1. The van der Waals surface area contributed by atoms with Crippen LogP contribution in [0.1, 0.15) is 0 Å². The number of hydrogen-bond acceptors (Lipinski definition) is 6. The zero-order chi connectivity index (χ0) is 16.7. The van der Waals surface area contributed by atoms with E-state index in [-0.39, 0.29) is 12.5 Å². The Morgan fingerprint density at radius 3 is 2.96 bits per heavy atom. The molecule has 4 rings (SSSR count). The molecule has 5 N–H and O–H groups in total. The van der Waals surface area contributed by atoms with Crippen molar-refractivity contribution in [1.29, 1.82) is 0 Å². The molecule has 122 valence electrons. The molecule has 0 saturated carbocycles. The summed E-state index contributed by atoms with van der Waals surface area (Å²) >= 11 is 1.53. The molecule has 2 aromatic heterocycles. The number of carbonyl (C=O) groups is 1. The predicted molar refractivity (Wildman–Crippen MR) is 93.8 cm³/mol. The van der Waals surface area contributed by atoms with Crippen LogP contribution in [0.15, 0.2) is 40.4 Å². The second kappa shape index (κ2) is 5.90. The summed E-state index contributed by atoms with van der Waals surface area (Å²) in [7, 11) is 0. The van der Waals surface area contributed by atoms with Gasteiger partial charge in [0.15, 0.2) is 0 Å². The maximum Gasteiger partial charge on any atom is 0.238 e. The first kappa shape index (κ1) is 15.1. The number of carbonyl (C=O) groups excluding carboxylic acids is 1. The molecule has 1 aromatic carbocycles. The summed E-state index contributed by atoms with van der Waals surface area (Å²) in [5.41, 5.74) is 14.7. The van der Waals surface area contributed by atoms with Gasteiger partial charge < -0.3 is 16.8 Å². The first-order valence-corrected chi connectivity index (χ1v) is 8.41. The molecular formula is C16H16N6OS. The van der Waals surface area contributed by atoms with Gasteiger partial charge in [0.1, 0.15) is 10.7 Å². The van der Waals surface area contributed by atoms with Gasteiger partial charge in [0.2, 0.25) is 5.91 Å². The number of hydrogen-bond donors (Lipinski definition) is 3. The number of benzene rings is 1. The zero-order valence-electron chi connectivity index (χ0n) is 12.8. The van der Waals surface area contributed by atoms with Crippen molar-refractivity contribution in [3.63, 3.8) is 0 Å². The molecule has 7 nitrogen and oxygen atoms in total. The van der Waals surface area contributed by atoms with E-state index >= 15 is 0 Å². The molecule has 8 heteroatoms. The molecular weight excluding hydrogens is 324 g/mol. The number of anilines is 1. The van der Waals surface area contributed by atoms with Crippen molar-refractivity contribution in [2.24, 2.45) is 11.5 Å². The fraction of sp³-hybridized carbons (Fsp3) is 0.188. The van der Waals surface area contributed by atoms with Crippen molar-refractivity contribution in [3.8, 4) is 11.3 Å². The molecule has 24 heavy (non-hydrogen) atoms. The molecule has 1 amide bonds. The van der Waals surface area contributed by atoms with Crippen LogP contribution in [0.3, 0.4) is 0 Å². The van der Waals surface area contributed by atoms with Gasteiger partial charge in [-0.3, -0.25) is 9.48 Å². The Kier molecular flexibility index (Phi) is 3.72. The molecule has 3 aromatic rings. The lowest BCUT2D eigenvalue weighted by atomic mass is 10.1. The topological polar surface area (TPSA) is 112 Å². The largest absolute Gasteiger partial charge is 0.329 e. The molecule has 0 aliphatic carbocycles. The Balaban J connectivity index is 1.98. The third-order valence-corrected chi connectivity index (χ3v) is 5.04. The third kappa shape index (κ3) is 2.27. The van der Waals surface area contributed by atoms with E-state index in [0.717, 1.165) is 37.8 Å². The van der Waals surface area contributed by atoms with E-state index in [1.54, 1.807) is 6.20 Å². The van der Waals surface area contributed by atoms with Gasteiger partial charge >= 0.3 is 0 Å². The summed E-state index contributed by atoms with van der Waals surface area (Å²) < 4.78 is 1.91. The molecule has 1 aliphatic rings. The first-order chi connectivity index (χ1) is 11.7. The maximum absolute atomic E-state index is 11.7. The van der Waals surface area contributed by atoms with E-state index in [0.29, 0.717) is 13.1 Å². The Bertz CT molecular complexity index is 951. The Morgan fingerprint density at radius 2 is 2.17 bits per heavy atom. The van der Waals surface area contributed by atoms with E-state index in [1.165, 1.54) is 11.8 Å². The van der Waals surface area contributed by atoms with Crippen LogP contribution >= 0.6 is 11.8 Å². The lowest BCUT2D eigenvalue weighted by Crippen LogP contribution is -2.22. The molecule has 0 atom stereocenters. The van der Waals surface area contributed by atoms with E-state index in [9.17, 15) is 4.79 Å². The Morgan fingerprint density at radius 1 is 1.29 bits per heavy atom. The Hall–Kier alpha value is -2.42. The number of fused-ring (bicyclic) bond motifs is 2. The van der Waals surface area contributed by atoms with E-state index in [1.807, 2.05) is 28.9 Å². The quantitative estimate of drug-likeness (QED) is 0.518. The van der Waals surface area contributed by atoms with Gasteiger partial charge in [0.25, 0.3) is 0 Å². The van der Waals surface area contributed by atoms with Crippen LogP contribution in [0.2, 0.25) is 0 Å². The van der Waals surface area contributed by atoms with Crippen LogP contribution in [0.25, 0.3) is 22.2 Å². The van der Waals surface area contributed by atoms with Gasteiger partial charge in [-0.05, 0) is 24.3 Å². The molecule has 3 heterocycles. The number of nitrogens with zero attached hydrogens (tertiary/aromatic N) is 3. The van der Waals surface area contributed by atoms with E-state index < -0.39 is 0 Å². The molecule has 0 spiro atoms. The summed E-state index contributed by atoms with van der Waals surface area (Å²) in [4.78, 5) is 17.1. The zero-order valence-corrected chi connectivity index (χ0v) is 13.6. The van der Waals surface area contributed by atoms with Crippen LogP contribution in [-0.4, -0.2) is 33.8 Å². The van der Waals surface area contributed by atoms with E-state index in [4.69, 9.17) is 16.6 Å². The van der Waals surface area contributed by atoms with Crippen molar-refractivity contribution in [2.45, 2.75) is 16.5 Å². The van der Waals surface area contributed by atoms with Crippen molar-refractivity contribution in [2.75, 3.05) is 18.4 Å². The molecule has 0 saturated heterocycles. The van der Waals surface area contributed by atoms with Crippen LogP contribution in [0.5, 0.6) is 0 Å². The summed E-state index contributed by atoms with van der Waals surface area (Å²) in [5, 5.41) is 9.49. The fourth-order valence-corrected chi connectivity index (χ4v) is 3.99. The molecule has 0 unspecified atom stereocenters. The standard InChI is InChI=1S/C16H16N6OS/c17-5-7-22-11-4-3-10(20-12(23)8-18)15-13(11)14(21-22)9-2-1-6-19-16(9)24-15/h1-4,6H,5,7-8,17-18H2,(H,20,23). The van der Waals surface area contributed by atoms with Gasteiger partial charge in [-0.25, -0.2) is 4.98 Å². The number of aromatic nitrogens is 3. The van der Waals surface area contributed by atoms with Gasteiger partial charge in [-0.1, -0.05) is 11.8 Å². The van der Waals surface area contributed by atoms with Crippen LogP contribution in [0.4, 0.5) is 5.69 Å². The fourth-order valence-electron chi connectivity index (χ4n) is 2.88. The Labute approximate surface area is 142 Å². The van der Waals surface area contributed by atoms with Gasteiger partial charge in [-0.15, -0.1) is 0 Å². The molecule has 0 bridgehead atoms. The normalized spacial score (nSPS) is 12.2. The monoisotopic (exact) mass is 340 g/mol. The van der Waals surface area contributed by atoms with Crippen LogP contribution in [0, 0.1) is 0 Å². The third-order valence-electron chi connectivity index (χ3n) is 3.90. The predicted octanol–water partition coefficient (Wildman–Crippen LogP) is 1.42. The highest BCUT2D eigenvalue weighted by Gasteiger charge is 2.26. The lowest BCUT2D eigenvalue weighted by molar-refractivity contribution is -0.114. The lowest BCUT2D eigenvalue weighted by Gasteiger charge is -2.17. The number of rotatable bonds is 4.